The molecule has 0 bridgehead atoms. The topological polar surface area (TPSA) is 27.7 Å². The zero-order valence-electron chi connectivity index (χ0n) is 32.2. The van der Waals surface area contributed by atoms with Gasteiger partial charge in [-0.25, -0.2) is 0 Å². The molecule has 1 aliphatic heterocycles. The zero-order valence-corrected chi connectivity index (χ0v) is 32.9. The molecule has 4 heteroatoms. The number of hydrogen-bond acceptors (Lipinski definition) is 3. The summed E-state index contributed by atoms with van der Waals surface area (Å²) in [5.41, 5.74) is 10.9. The molecule has 0 radical (unpaired) electrons. The molecule has 3 nitrogen and oxygen atoms in total. The quantitative estimate of drug-likeness (QED) is 0.123. The van der Waals surface area contributed by atoms with Crippen LogP contribution in [0.5, 0.6) is 0 Å². The second-order valence-electron chi connectivity index (χ2n) is 14.7. The lowest BCUT2D eigenvalue weighted by Crippen LogP contribution is -2.27. The van der Waals surface area contributed by atoms with Crippen LogP contribution in [0.1, 0.15) is 51.5 Å². The second kappa shape index (κ2) is 18.5. The molecule has 0 saturated carbocycles. The first-order chi connectivity index (χ1) is 28.1. The number of rotatable bonds is 11. The van der Waals surface area contributed by atoms with Gasteiger partial charge in [0.25, 0.3) is 0 Å². The predicted molar refractivity (Wildman–Crippen MR) is 237 cm³/mol. The lowest BCUT2D eigenvalue weighted by Gasteiger charge is -2.34. The van der Waals surface area contributed by atoms with Crippen LogP contribution in [-0.4, -0.2) is 13.2 Å². The third-order valence-corrected chi connectivity index (χ3v) is 11.4. The minimum absolute atomic E-state index is 0.0707. The monoisotopic (exact) mass is 766 g/mol. The Balaban J connectivity index is 0.000000696. The van der Waals surface area contributed by atoms with Crippen molar-refractivity contribution in [3.63, 3.8) is 0 Å². The van der Waals surface area contributed by atoms with Gasteiger partial charge in [0, 0.05) is 10.9 Å². The van der Waals surface area contributed by atoms with E-state index in [1.54, 1.807) is 6.26 Å². The highest BCUT2D eigenvalue weighted by Gasteiger charge is 2.32. The summed E-state index contributed by atoms with van der Waals surface area (Å²) in [4.78, 5) is 0. The fourth-order valence-corrected chi connectivity index (χ4v) is 8.23. The van der Waals surface area contributed by atoms with E-state index in [0.29, 0.717) is 19.8 Å². The van der Waals surface area contributed by atoms with Crippen LogP contribution in [0.25, 0.3) is 38.7 Å². The van der Waals surface area contributed by atoms with Gasteiger partial charge in [-0.05, 0) is 121 Å². The average molecular weight is 767 g/mol. The highest BCUT2D eigenvalue weighted by Crippen LogP contribution is 2.44. The normalized spacial score (nSPS) is 15.7. The van der Waals surface area contributed by atoms with Crippen LogP contribution >= 0.6 is 11.6 Å². The molecule has 0 amide bonds. The molecule has 7 aromatic carbocycles. The number of fused-ring (bicyclic) bond motifs is 5. The van der Waals surface area contributed by atoms with Crippen LogP contribution < -0.4 is 0 Å². The minimum Gasteiger partial charge on any atom is -0.497 e. The maximum Gasteiger partial charge on any atom is 0.106 e. The van der Waals surface area contributed by atoms with E-state index in [4.69, 9.17) is 25.8 Å². The van der Waals surface area contributed by atoms with E-state index in [-0.39, 0.29) is 12.0 Å². The molecule has 0 fully saturated rings. The van der Waals surface area contributed by atoms with Gasteiger partial charge in [-0.15, -0.1) is 0 Å². The number of halogens is 1. The van der Waals surface area contributed by atoms with Crippen LogP contribution in [-0.2, 0) is 40.3 Å². The number of ether oxygens (including phenoxy) is 3. The van der Waals surface area contributed by atoms with Crippen LogP contribution in [0.4, 0.5) is 0 Å². The molecule has 2 atom stereocenters. The van der Waals surface area contributed by atoms with Gasteiger partial charge >= 0.3 is 0 Å². The first-order valence-electron chi connectivity index (χ1n) is 19.8. The summed E-state index contributed by atoms with van der Waals surface area (Å²) < 4.78 is 18.0. The van der Waals surface area contributed by atoms with Crippen molar-refractivity contribution in [2.45, 2.75) is 38.6 Å². The van der Waals surface area contributed by atoms with Gasteiger partial charge in [0.05, 0.1) is 32.2 Å². The smallest absolute Gasteiger partial charge is 0.106 e. The molecule has 0 aromatic heterocycles. The molecule has 9 rings (SSSR count). The van der Waals surface area contributed by atoms with Crippen molar-refractivity contribution in [2.24, 2.45) is 5.92 Å². The lowest BCUT2D eigenvalue weighted by atomic mass is 9.78. The number of allylic oxidation sites excluding steroid dienone is 2. The summed E-state index contributed by atoms with van der Waals surface area (Å²) in [6.07, 6.45) is 12.0. The summed E-state index contributed by atoms with van der Waals surface area (Å²) in [6.45, 7) is 6.44. The molecule has 1 heterocycles. The molecule has 2 aliphatic rings. The Morgan fingerprint density at radius 2 is 1.40 bits per heavy atom. The van der Waals surface area contributed by atoms with Gasteiger partial charge < -0.3 is 14.2 Å². The third-order valence-electron chi connectivity index (χ3n) is 11.0. The van der Waals surface area contributed by atoms with Crippen molar-refractivity contribution >= 4 is 39.2 Å². The van der Waals surface area contributed by atoms with Crippen molar-refractivity contribution in [3.8, 4) is 11.1 Å². The van der Waals surface area contributed by atoms with Gasteiger partial charge in [0.2, 0.25) is 0 Å². The van der Waals surface area contributed by atoms with Gasteiger partial charge in [0.15, 0.2) is 0 Å². The highest BCUT2D eigenvalue weighted by molar-refractivity contribution is 6.31. The van der Waals surface area contributed by atoms with Gasteiger partial charge in [-0.3, -0.25) is 0 Å². The van der Waals surface area contributed by atoms with Crippen LogP contribution in [0.15, 0.2) is 177 Å². The molecule has 0 spiro atoms. The fraction of sp³-hybridized carbons (Fsp3) is 0.170. The number of benzene rings is 7. The van der Waals surface area contributed by atoms with Gasteiger partial charge in [-0.2, -0.15) is 0 Å². The molecule has 0 N–H and O–H groups in total. The van der Waals surface area contributed by atoms with E-state index in [1.807, 2.05) is 30.4 Å². The molecule has 0 saturated heterocycles. The summed E-state index contributed by atoms with van der Waals surface area (Å²) in [6, 6.07) is 51.8. The molecular weight excluding hydrogens is 720 g/mol. The lowest BCUT2D eigenvalue weighted by molar-refractivity contribution is -0.0436. The SMILES string of the molecule is C1=CCOC=C1.C=Cc1ccc(Cc2cc(-c3cc4c5c(ccc4c4ccccc34)C(OCc3ccccc3)C(COCc3ccccc3)CC5)ccc2Cl)cc1. The summed E-state index contributed by atoms with van der Waals surface area (Å²) in [5, 5.41) is 5.88. The molecular formula is C53H47ClO3. The van der Waals surface area contributed by atoms with Crippen molar-refractivity contribution in [2.75, 3.05) is 13.2 Å². The van der Waals surface area contributed by atoms with E-state index in [9.17, 15) is 0 Å². The Morgan fingerprint density at radius 3 is 2.09 bits per heavy atom. The first-order valence-corrected chi connectivity index (χ1v) is 20.2. The summed E-state index contributed by atoms with van der Waals surface area (Å²) in [5.74, 6) is 0.252. The van der Waals surface area contributed by atoms with E-state index in [2.05, 4.69) is 146 Å². The Labute approximate surface area is 341 Å². The zero-order chi connectivity index (χ0) is 38.8. The molecule has 7 aromatic rings. The van der Waals surface area contributed by atoms with E-state index in [0.717, 1.165) is 42.0 Å². The minimum atomic E-state index is -0.0707. The summed E-state index contributed by atoms with van der Waals surface area (Å²) >= 11 is 6.83. The highest BCUT2D eigenvalue weighted by atomic mass is 35.5. The van der Waals surface area contributed by atoms with Crippen LogP contribution in [0.3, 0.4) is 0 Å². The van der Waals surface area contributed by atoms with Crippen LogP contribution in [0.2, 0.25) is 5.02 Å². The predicted octanol–water partition coefficient (Wildman–Crippen LogP) is 13.7. The Kier molecular flexibility index (Phi) is 12.4. The standard InChI is InChI=1S/C48H41ClO2.C5H6O/c1-2-33-17-19-34(20-18-33)27-39-28-37(22-26-47(39)49)45-29-46-42(40-15-9-10-16-41(40)45)24-25-44-43(46)23-21-38(32-50-30-35-11-5-3-6-12-35)48(44)51-31-36-13-7-4-8-14-36;1-2-4-6-5-3-1/h2-20,22,24-26,28-29,38,48H,1,21,23,27,30-32H2;1-4H,5H2. The Morgan fingerprint density at radius 1 is 0.684 bits per heavy atom. The number of hydrogen-bond donors (Lipinski definition) is 0. The third kappa shape index (κ3) is 9.14. The van der Waals surface area contributed by atoms with Crippen molar-refractivity contribution in [1.29, 1.82) is 0 Å². The molecule has 1 aliphatic carbocycles. The Bertz CT molecular complexity index is 2490. The first kappa shape index (κ1) is 38.2. The van der Waals surface area contributed by atoms with E-state index < -0.39 is 0 Å². The molecule has 284 valence electrons. The fourth-order valence-electron chi connectivity index (χ4n) is 8.05. The maximum atomic E-state index is 6.86. The van der Waals surface area contributed by atoms with E-state index in [1.165, 1.54) is 60.5 Å². The molecule has 2 unspecified atom stereocenters. The number of aryl methyl sites for hydroxylation is 1. The van der Waals surface area contributed by atoms with E-state index >= 15 is 0 Å². The van der Waals surface area contributed by atoms with Gasteiger partial charge in [0.1, 0.15) is 6.61 Å². The average Bonchev–Trinajstić information content (AvgIpc) is 3.28. The van der Waals surface area contributed by atoms with Gasteiger partial charge in [-0.1, -0.05) is 158 Å². The van der Waals surface area contributed by atoms with Crippen LogP contribution in [0, 0.1) is 5.92 Å². The van der Waals surface area contributed by atoms with Crippen molar-refractivity contribution < 1.29 is 14.2 Å². The maximum absolute atomic E-state index is 6.86. The molecule has 57 heavy (non-hydrogen) atoms. The van der Waals surface area contributed by atoms with Crippen molar-refractivity contribution in [1.82, 2.24) is 0 Å². The summed E-state index contributed by atoms with van der Waals surface area (Å²) in [7, 11) is 0. The van der Waals surface area contributed by atoms with Crippen molar-refractivity contribution in [3.05, 3.63) is 221 Å². The second-order valence-corrected chi connectivity index (χ2v) is 15.1. The largest absolute Gasteiger partial charge is 0.497 e. The Hall–Kier alpha value is -5.71.